The molecule has 0 atom stereocenters. The number of carbonyl (C=O) groups is 1. The molecule has 1 aromatic carbocycles. The van der Waals surface area contributed by atoms with Crippen LogP contribution in [0.2, 0.25) is 0 Å². The van der Waals surface area contributed by atoms with Gasteiger partial charge in [-0.25, -0.2) is 4.85 Å². The van der Waals surface area contributed by atoms with Crippen molar-refractivity contribution < 1.29 is 37.5 Å². The van der Waals surface area contributed by atoms with E-state index in [1.54, 1.807) is 0 Å². The standard InChI is InChI=1S/C26H41N2OP.Y/c1-7-10-16-30(17-11-8-2,18-12-9-3)26(14-13-15-26)25(29)28-24-21(4)19-23(27-6)20-22(24)5;/h19-20H,7-18H2,1-5H3;/p+1. The second-order valence-corrected chi connectivity index (χ2v) is 13.8. The summed E-state index contributed by atoms with van der Waals surface area (Å²) in [4.78, 5) is 17.5. The zero-order valence-electron chi connectivity index (χ0n) is 20.5. The zero-order chi connectivity index (χ0) is 22.2. The first-order valence-electron chi connectivity index (χ1n) is 12.1. The first kappa shape index (κ1) is 28.7. The molecule has 0 heterocycles. The number of anilines is 1. The van der Waals surface area contributed by atoms with E-state index in [-0.39, 0.29) is 43.8 Å². The molecule has 0 saturated heterocycles. The van der Waals surface area contributed by atoms with Crippen LogP contribution in [-0.4, -0.2) is 29.5 Å². The molecule has 1 amide bonds. The molecule has 0 aromatic heterocycles. The maximum absolute atomic E-state index is 14.0. The number of hydrogen-bond donors (Lipinski definition) is 1. The van der Waals surface area contributed by atoms with Gasteiger partial charge in [0, 0.05) is 45.7 Å². The van der Waals surface area contributed by atoms with Gasteiger partial charge in [0.05, 0.1) is 25.1 Å². The minimum atomic E-state index is -1.38. The largest absolute Gasteiger partial charge is 0.322 e. The molecule has 1 fully saturated rings. The molecule has 1 aliphatic carbocycles. The van der Waals surface area contributed by atoms with E-state index in [9.17, 15) is 4.79 Å². The van der Waals surface area contributed by atoms with Crippen molar-refractivity contribution in [1.82, 2.24) is 0 Å². The van der Waals surface area contributed by atoms with Gasteiger partial charge in [0.15, 0.2) is 10.8 Å². The number of amides is 1. The van der Waals surface area contributed by atoms with Gasteiger partial charge in [-0.05, 0) is 63.5 Å². The van der Waals surface area contributed by atoms with Crippen LogP contribution in [0.4, 0.5) is 11.4 Å². The number of carbonyl (C=O) groups excluding carboxylic acids is 1. The molecular formula is C26H42N2OPY+. The van der Waals surface area contributed by atoms with E-state index < -0.39 is 7.26 Å². The van der Waals surface area contributed by atoms with Gasteiger partial charge >= 0.3 is 0 Å². The predicted molar refractivity (Wildman–Crippen MR) is 134 cm³/mol. The number of rotatable bonds is 12. The Morgan fingerprint density at radius 1 is 1.00 bits per heavy atom. The van der Waals surface area contributed by atoms with Crippen LogP contribution in [-0.2, 0) is 37.5 Å². The summed E-state index contributed by atoms with van der Waals surface area (Å²) >= 11 is 0. The molecule has 1 N–H and O–H groups in total. The van der Waals surface area contributed by atoms with Crippen LogP contribution < -0.4 is 5.32 Å². The monoisotopic (exact) mass is 518 g/mol. The van der Waals surface area contributed by atoms with E-state index in [1.807, 2.05) is 26.0 Å². The van der Waals surface area contributed by atoms with Crippen molar-refractivity contribution in [2.45, 2.75) is 97.6 Å². The van der Waals surface area contributed by atoms with Crippen LogP contribution in [0.1, 0.15) is 89.7 Å². The third-order valence-corrected chi connectivity index (χ3v) is 13.2. The summed E-state index contributed by atoms with van der Waals surface area (Å²) in [7, 11) is -1.38. The van der Waals surface area contributed by atoms with Crippen LogP contribution in [0, 0.1) is 20.4 Å². The summed E-state index contributed by atoms with van der Waals surface area (Å²) in [5.41, 5.74) is 3.59. The second kappa shape index (κ2) is 13.4. The molecule has 5 heteroatoms. The van der Waals surface area contributed by atoms with Crippen molar-refractivity contribution in [2.75, 3.05) is 23.8 Å². The van der Waals surface area contributed by atoms with Crippen molar-refractivity contribution in [3.05, 3.63) is 34.7 Å². The molecule has 0 bridgehead atoms. The topological polar surface area (TPSA) is 33.5 Å². The van der Waals surface area contributed by atoms with E-state index in [4.69, 9.17) is 6.57 Å². The second-order valence-electron chi connectivity index (χ2n) is 9.28. The fourth-order valence-electron chi connectivity index (χ4n) is 5.22. The average Bonchev–Trinajstić information content (AvgIpc) is 2.70. The molecule has 1 aromatic rings. The third kappa shape index (κ3) is 6.40. The summed E-state index contributed by atoms with van der Waals surface area (Å²) in [5.74, 6) is 0.284. The van der Waals surface area contributed by atoms with Crippen LogP contribution >= 0.6 is 7.26 Å². The molecule has 0 aliphatic heterocycles. The van der Waals surface area contributed by atoms with Gasteiger partial charge in [-0.3, -0.25) is 4.79 Å². The summed E-state index contributed by atoms with van der Waals surface area (Å²) in [6, 6.07) is 3.80. The summed E-state index contributed by atoms with van der Waals surface area (Å²) in [5, 5.41) is 3.27. The van der Waals surface area contributed by atoms with E-state index >= 15 is 0 Å². The minimum Gasteiger partial charge on any atom is -0.322 e. The number of nitrogens with one attached hydrogen (secondary N) is 1. The van der Waals surface area contributed by atoms with Gasteiger partial charge in [0.25, 0.3) is 5.91 Å². The Morgan fingerprint density at radius 3 is 1.77 bits per heavy atom. The van der Waals surface area contributed by atoms with Crippen LogP contribution in [0.25, 0.3) is 4.85 Å². The van der Waals surface area contributed by atoms with E-state index in [2.05, 4.69) is 30.9 Å². The minimum absolute atomic E-state index is 0. The SMILES string of the molecule is [C-]#[N+]c1cc(C)c(NC(=O)C2([P+](CCCC)(CCCC)CCCC)CCC2)c(C)c1.[Y]. The van der Waals surface area contributed by atoms with E-state index in [0.717, 1.165) is 29.7 Å². The number of nitrogens with zero attached hydrogens (tertiary/aromatic N) is 1. The Balaban J connectivity index is 0.00000480. The van der Waals surface area contributed by atoms with Crippen molar-refractivity contribution >= 4 is 24.5 Å². The van der Waals surface area contributed by atoms with Gasteiger partial charge in [-0.2, -0.15) is 0 Å². The van der Waals surface area contributed by atoms with Gasteiger partial charge < -0.3 is 5.32 Å². The normalized spacial score (nSPS) is 14.8. The van der Waals surface area contributed by atoms with E-state index in [1.165, 1.54) is 63.4 Å². The fourth-order valence-corrected chi connectivity index (χ4v) is 11.7. The van der Waals surface area contributed by atoms with Gasteiger partial charge in [-0.1, -0.05) is 52.2 Å². The number of hydrogen-bond acceptors (Lipinski definition) is 1. The molecular weight excluding hydrogens is 476 g/mol. The maximum Gasteiger partial charge on any atom is 0.268 e. The zero-order valence-corrected chi connectivity index (χ0v) is 24.3. The van der Waals surface area contributed by atoms with Gasteiger partial charge in [-0.15, -0.1) is 0 Å². The smallest absolute Gasteiger partial charge is 0.268 e. The molecule has 3 nitrogen and oxygen atoms in total. The number of benzene rings is 1. The van der Waals surface area contributed by atoms with Crippen LogP contribution in [0.5, 0.6) is 0 Å². The van der Waals surface area contributed by atoms with E-state index in [0.29, 0.717) is 5.69 Å². The quantitative estimate of drug-likeness (QED) is 0.220. The molecule has 1 aliphatic rings. The van der Waals surface area contributed by atoms with Crippen molar-refractivity contribution in [1.29, 1.82) is 0 Å². The summed E-state index contributed by atoms with van der Waals surface area (Å²) in [6.45, 7) is 18.2. The van der Waals surface area contributed by atoms with Crippen molar-refractivity contribution in [3.63, 3.8) is 0 Å². The maximum atomic E-state index is 14.0. The third-order valence-electron chi connectivity index (χ3n) is 7.22. The molecule has 1 radical (unpaired) electrons. The molecule has 1 saturated carbocycles. The first-order valence-corrected chi connectivity index (χ1v) is 14.4. The molecule has 2 rings (SSSR count). The number of aryl methyl sites for hydroxylation is 2. The van der Waals surface area contributed by atoms with Crippen LogP contribution in [0.15, 0.2) is 12.1 Å². The van der Waals surface area contributed by atoms with Crippen molar-refractivity contribution in [3.8, 4) is 0 Å². The Hall–Kier alpha value is -0.286. The summed E-state index contributed by atoms with van der Waals surface area (Å²) in [6.07, 6.45) is 14.6. The van der Waals surface area contributed by atoms with Gasteiger partial charge in [0.1, 0.15) is 0 Å². The van der Waals surface area contributed by atoms with Crippen molar-refractivity contribution in [2.24, 2.45) is 0 Å². The first-order chi connectivity index (χ1) is 14.4. The molecule has 0 unspecified atom stereocenters. The van der Waals surface area contributed by atoms with Gasteiger partial charge in [0.2, 0.25) is 0 Å². The fraction of sp³-hybridized carbons (Fsp3) is 0.692. The molecule has 169 valence electrons. The molecule has 0 spiro atoms. The Labute approximate surface area is 217 Å². The van der Waals surface area contributed by atoms with Crippen LogP contribution in [0.3, 0.4) is 0 Å². The Kier molecular flexibility index (Phi) is 12.5. The number of unbranched alkanes of at least 4 members (excludes halogenated alkanes) is 3. The summed E-state index contributed by atoms with van der Waals surface area (Å²) < 4.78 is 0. The Morgan fingerprint density at radius 2 is 1.45 bits per heavy atom. The molecule has 31 heavy (non-hydrogen) atoms. The predicted octanol–water partition coefficient (Wildman–Crippen LogP) is 8.13. The average molecular weight is 519 g/mol. The Bertz CT molecular complexity index is 722.